The first kappa shape index (κ1) is 20.7. The molecule has 0 aromatic heterocycles. The van der Waals surface area contributed by atoms with Crippen LogP contribution in [0.2, 0.25) is 0 Å². The number of carbonyl (C=O) groups excluding carboxylic acids is 3. The van der Waals surface area contributed by atoms with E-state index in [0.29, 0.717) is 5.75 Å². The molecule has 9 nitrogen and oxygen atoms in total. The zero-order valence-corrected chi connectivity index (χ0v) is 15.4. The Bertz CT molecular complexity index is 685. The molecule has 1 aliphatic rings. The number of carbonyl (C=O) groups is 3. The number of ether oxygens (including phenoxy) is 5. The van der Waals surface area contributed by atoms with Gasteiger partial charge in [0, 0.05) is 13.8 Å². The lowest BCUT2D eigenvalue weighted by Gasteiger charge is -2.41. The van der Waals surface area contributed by atoms with Crippen molar-refractivity contribution in [1.29, 1.82) is 0 Å². The highest BCUT2D eigenvalue weighted by molar-refractivity contribution is 5.89. The fourth-order valence-electron chi connectivity index (χ4n) is 2.72. The van der Waals surface area contributed by atoms with Crippen molar-refractivity contribution in [2.75, 3.05) is 7.11 Å². The first-order chi connectivity index (χ1) is 12.7. The van der Waals surface area contributed by atoms with Crippen LogP contribution < -0.4 is 4.74 Å². The summed E-state index contributed by atoms with van der Waals surface area (Å²) < 4.78 is 26.0. The molecule has 2 rings (SSSR count). The standard InChI is InChI=1S/C18H22O9/c1-9-14(27-17(21)12-5-7-13(23-4)8-6-12)15(25-10(2)19)16(18(22)24-9)26-11(3)20/h5-9,14-16,18,22H,1-4H3/t9-,14+,15+,16-,18+/m1/s1. The molecule has 27 heavy (non-hydrogen) atoms. The van der Waals surface area contributed by atoms with Gasteiger partial charge in [-0.1, -0.05) is 0 Å². The van der Waals surface area contributed by atoms with E-state index in [1.54, 1.807) is 12.1 Å². The van der Waals surface area contributed by atoms with Crippen molar-refractivity contribution in [1.82, 2.24) is 0 Å². The van der Waals surface area contributed by atoms with Crippen LogP contribution in [0.25, 0.3) is 0 Å². The zero-order chi connectivity index (χ0) is 20.1. The van der Waals surface area contributed by atoms with Crippen molar-refractivity contribution in [2.24, 2.45) is 0 Å². The number of rotatable bonds is 5. The van der Waals surface area contributed by atoms with Crippen molar-refractivity contribution >= 4 is 17.9 Å². The van der Waals surface area contributed by atoms with Gasteiger partial charge in [0.1, 0.15) is 5.75 Å². The maximum atomic E-state index is 12.5. The van der Waals surface area contributed by atoms with Crippen molar-refractivity contribution in [3.8, 4) is 5.75 Å². The summed E-state index contributed by atoms with van der Waals surface area (Å²) in [6, 6.07) is 6.20. The van der Waals surface area contributed by atoms with Gasteiger partial charge in [-0.15, -0.1) is 0 Å². The average Bonchev–Trinajstić information content (AvgIpc) is 2.60. The highest BCUT2D eigenvalue weighted by Gasteiger charge is 2.50. The van der Waals surface area contributed by atoms with Crippen molar-refractivity contribution in [3.63, 3.8) is 0 Å². The van der Waals surface area contributed by atoms with Crippen molar-refractivity contribution in [3.05, 3.63) is 29.8 Å². The lowest BCUT2D eigenvalue weighted by molar-refractivity contribution is -0.284. The van der Waals surface area contributed by atoms with Gasteiger partial charge in [-0.25, -0.2) is 4.79 Å². The highest BCUT2D eigenvalue weighted by Crippen LogP contribution is 2.28. The highest BCUT2D eigenvalue weighted by atomic mass is 16.7. The topological polar surface area (TPSA) is 118 Å². The second-order valence-electron chi connectivity index (χ2n) is 5.98. The number of methoxy groups -OCH3 is 1. The predicted molar refractivity (Wildman–Crippen MR) is 89.9 cm³/mol. The molecule has 0 bridgehead atoms. The molecule has 0 saturated carbocycles. The Kier molecular flexibility index (Phi) is 6.75. The maximum absolute atomic E-state index is 12.5. The van der Waals surface area contributed by atoms with Crippen LogP contribution >= 0.6 is 0 Å². The Morgan fingerprint density at radius 3 is 2.00 bits per heavy atom. The van der Waals surface area contributed by atoms with E-state index < -0.39 is 48.6 Å². The maximum Gasteiger partial charge on any atom is 0.338 e. The average molecular weight is 382 g/mol. The molecular formula is C18H22O9. The minimum absolute atomic E-state index is 0.236. The Labute approximate surface area is 156 Å². The van der Waals surface area contributed by atoms with E-state index >= 15 is 0 Å². The van der Waals surface area contributed by atoms with Crippen LogP contribution in [0.3, 0.4) is 0 Å². The summed E-state index contributed by atoms with van der Waals surface area (Å²) in [5.74, 6) is -1.54. The molecule has 9 heteroatoms. The van der Waals surface area contributed by atoms with E-state index in [1.165, 1.54) is 26.2 Å². The smallest absolute Gasteiger partial charge is 0.338 e. The SMILES string of the molecule is COc1ccc(C(=O)O[C@@H]2[C@H](OC(C)=O)[C@@H](OC(C)=O)[C@@H](O)O[C@@H]2C)cc1. The summed E-state index contributed by atoms with van der Waals surface area (Å²) in [6.45, 7) is 3.82. The lowest BCUT2D eigenvalue weighted by Crippen LogP contribution is -2.60. The Morgan fingerprint density at radius 1 is 0.926 bits per heavy atom. The van der Waals surface area contributed by atoms with Crippen molar-refractivity contribution < 1.29 is 43.2 Å². The number of aliphatic hydroxyl groups is 1. The third kappa shape index (κ3) is 5.18. The normalized spacial score (nSPS) is 27.4. The molecule has 1 aromatic carbocycles. The largest absolute Gasteiger partial charge is 0.497 e. The molecular weight excluding hydrogens is 360 g/mol. The summed E-state index contributed by atoms with van der Waals surface area (Å²) in [6.07, 6.45) is -6.03. The quantitative estimate of drug-likeness (QED) is 0.583. The minimum Gasteiger partial charge on any atom is -0.497 e. The van der Waals surface area contributed by atoms with Crippen LogP contribution in [-0.2, 0) is 28.5 Å². The van der Waals surface area contributed by atoms with Crippen LogP contribution in [0.4, 0.5) is 0 Å². The minimum atomic E-state index is -1.54. The molecule has 1 saturated heterocycles. The molecule has 1 N–H and O–H groups in total. The Balaban J connectivity index is 2.24. The van der Waals surface area contributed by atoms with E-state index in [9.17, 15) is 19.5 Å². The van der Waals surface area contributed by atoms with E-state index in [0.717, 1.165) is 13.8 Å². The molecule has 1 heterocycles. The molecule has 0 unspecified atom stereocenters. The molecule has 0 radical (unpaired) electrons. The monoisotopic (exact) mass is 382 g/mol. The number of aliphatic hydroxyl groups excluding tert-OH is 1. The van der Waals surface area contributed by atoms with Gasteiger partial charge in [0.15, 0.2) is 24.6 Å². The van der Waals surface area contributed by atoms with Crippen molar-refractivity contribution in [2.45, 2.75) is 51.5 Å². The van der Waals surface area contributed by atoms with E-state index in [-0.39, 0.29) is 5.56 Å². The first-order valence-electron chi connectivity index (χ1n) is 8.26. The molecule has 148 valence electrons. The number of hydrogen-bond acceptors (Lipinski definition) is 9. The van der Waals surface area contributed by atoms with Gasteiger partial charge in [-0.3, -0.25) is 9.59 Å². The van der Waals surface area contributed by atoms with Crippen LogP contribution in [0.5, 0.6) is 5.75 Å². The first-order valence-corrected chi connectivity index (χ1v) is 8.26. The summed E-state index contributed by atoms with van der Waals surface area (Å²) in [7, 11) is 1.50. The summed E-state index contributed by atoms with van der Waals surface area (Å²) in [5.41, 5.74) is 0.236. The Hall–Kier alpha value is -2.65. The molecule has 1 fully saturated rings. The number of hydrogen-bond donors (Lipinski definition) is 1. The molecule has 1 aliphatic heterocycles. The summed E-state index contributed by atoms with van der Waals surface area (Å²) in [5, 5.41) is 10.1. The van der Waals surface area contributed by atoms with Crippen LogP contribution in [-0.4, -0.2) is 60.8 Å². The zero-order valence-electron chi connectivity index (χ0n) is 15.4. The lowest BCUT2D eigenvalue weighted by atomic mass is 9.99. The van der Waals surface area contributed by atoms with Crippen LogP contribution in [0.1, 0.15) is 31.1 Å². The second-order valence-corrected chi connectivity index (χ2v) is 5.98. The van der Waals surface area contributed by atoms with Gasteiger partial charge in [-0.05, 0) is 31.2 Å². The van der Waals surface area contributed by atoms with Gasteiger partial charge in [0.25, 0.3) is 0 Å². The molecule has 0 amide bonds. The summed E-state index contributed by atoms with van der Waals surface area (Å²) in [4.78, 5) is 35.3. The van der Waals surface area contributed by atoms with Gasteiger partial charge in [-0.2, -0.15) is 0 Å². The predicted octanol–water partition coefficient (Wildman–Crippen LogP) is 0.821. The summed E-state index contributed by atoms with van der Waals surface area (Å²) >= 11 is 0. The Morgan fingerprint density at radius 2 is 1.48 bits per heavy atom. The molecule has 0 spiro atoms. The third-order valence-corrected chi connectivity index (χ3v) is 3.92. The van der Waals surface area contributed by atoms with Crippen LogP contribution in [0, 0.1) is 0 Å². The molecule has 5 atom stereocenters. The van der Waals surface area contributed by atoms with Crippen LogP contribution in [0.15, 0.2) is 24.3 Å². The fraction of sp³-hybridized carbons (Fsp3) is 0.500. The number of esters is 3. The third-order valence-electron chi connectivity index (χ3n) is 3.92. The van der Waals surface area contributed by atoms with E-state index in [2.05, 4.69) is 0 Å². The van der Waals surface area contributed by atoms with Gasteiger partial charge >= 0.3 is 17.9 Å². The van der Waals surface area contributed by atoms with Gasteiger partial charge < -0.3 is 28.8 Å². The fourth-order valence-corrected chi connectivity index (χ4v) is 2.72. The number of benzene rings is 1. The van der Waals surface area contributed by atoms with Gasteiger partial charge in [0.2, 0.25) is 0 Å². The van der Waals surface area contributed by atoms with E-state index in [4.69, 9.17) is 23.7 Å². The molecule has 0 aliphatic carbocycles. The van der Waals surface area contributed by atoms with E-state index in [1.807, 2.05) is 0 Å². The van der Waals surface area contributed by atoms with Gasteiger partial charge in [0.05, 0.1) is 18.8 Å². The second kappa shape index (κ2) is 8.83. The molecule has 1 aromatic rings.